The first-order chi connectivity index (χ1) is 15.2. The molecule has 0 bridgehead atoms. The van der Waals surface area contributed by atoms with Crippen LogP contribution in [-0.4, -0.2) is 33.1 Å². The fraction of sp³-hybridized carbons (Fsp3) is 0.417. The largest absolute Gasteiger partial charge is 0.474 e. The SMILES string of the molecule is C[C@@H]1OC(=O)c2ccc(Nc3cc4c(C(C)(C)N)cnc(OC5CC5)c4cn3)nc2[C@H]1C. The molecule has 1 saturated carbocycles. The molecular formula is C24H27N5O3. The van der Waals surface area contributed by atoms with Gasteiger partial charge in [-0.2, -0.15) is 0 Å². The predicted octanol–water partition coefficient (Wildman–Crippen LogP) is 4.17. The molecular weight excluding hydrogens is 406 g/mol. The first-order valence-electron chi connectivity index (χ1n) is 10.9. The van der Waals surface area contributed by atoms with Crippen molar-refractivity contribution in [1.82, 2.24) is 15.0 Å². The van der Waals surface area contributed by atoms with Crippen molar-refractivity contribution in [3.05, 3.63) is 47.4 Å². The summed E-state index contributed by atoms with van der Waals surface area (Å²) in [6.07, 6.45) is 5.66. The van der Waals surface area contributed by atoms with Gasteiger partial charge in [0.15, 0.2) is 0 Å². The fourth-order valence-electron chi connectivity index (χ4n) is 3.88. The van der Waals surface area contributed by atoms with Crippen LogP contribution in [0, 0.1) is 0 Å². The third-order valence-electron chi connectivity index (χ3n) is 6.06. The number of nitrogens with two attached hydrogens (primary N) is 1. The lowest BCUT2D eigenvalue weighted by atomic mass is 9.93. The van der Waals surface area contributed by atoms with E-state index in [4.69, 9.17) is 20.2 Å². The second kappa shape index (κ2) is 7.41. The predicted molar refractivity (Wildman–Crippen MR) is 121 cm³/mol. The Hall–Kier alpha value is -3.26. The number of cyclic esters (lactones) is 1. The molecule has 0 amide bonds. The molecule has 2 aliphatic rings. The van der Waals surface area contributed by atoms with Crippen LogP contribution in [0.25, 0.3) is 10.8 Å². The Morgan fingerprint density at radius 1 is 1.12 bits per heavy atom. The topological polar surface area (TPSA) is 112 Å². The van der Waals surface area contributed by atoms with Crippen LogP contribution in [0.15, 0.2) is 30.6 Å². The van der Waals surface area contributed by atoms with Gasteiger partial charge in [0.1, 0.15) is 23.8 Å². The highest BCUT2D eigenvalue weighted by molar-refractivity contribution is 5.93. The van der Waals surface area contributed by atoms with Crippen molar-refractivity contribution in [3.8, 4) is 5.88 Å². The summed E-state index contributed by atoms with van der Waals surface area (Å²) in [5.41, 5.74) is 7.99. The number of hydrogen-bond acceptors (Lipinski definition) is 8. The summed E-state index contributed by atoms with van der Waals surface area (Å²) in [6, 6.07) is 5.45. The lowest BCUT2D eigenvalue weighted by molar-refractivity contribution is 0.0235. The van der Waals surface area contributed by atoms with Crippen LogP contribution in [0.1, 0.15) is 68.1 Å². The number of esters is 1. The number of fused-ring (bicyclic) bond motifs is 2. The van der Waals surface area contributed by atoms with E-state index in [-0.39, 0.29) is 24.1 Å². The van der Waals surface area contributed by atoms with Gasteiger partial charge in [-0.15, -0.1) is 0 Å². The number of carbonyl (C=O) groups excluding carboxylic acids is 1. The minimum Gasteiger partial charge on any atom is -0.474 e. The second-order valence-corrected chi connectivity index (χ2v) is 9.28. The zero-order valence-electron chi connectivity index (χ0n) is 18.7. The van der Waals surface area contributed by atoms with E-state index in [0.717, 1.165) is 34.9 Å². The number of anilines is 2. The lowest BCUT2D eigenvalue weighted by Gasteiger charge is -2.27. The monoisotopic (exact) mass is 433 g/mol. The van der Waals surface area contributed by atoms with Crippen LogP contribution in [0.4, 0.5) is 11.6 Å². The van der Waals surface area contributed by atoms with Gasteiger partial charge in [-0.25, -0.2) is 19.7 Å². The van der Waals surface area contributed by atoms with Gasteiger partial charge in [-0.1, -0.05) is 6.92 Å². The van der Waals surface area contributed by atoms with Crippen molar-refractivity contribution >= 4 is 28.4 Å². The van der Waals surface area contributed by atoms with Crippen LogP contribution in [0.5, 0.6) is 5.88 Å². The molecule has 0 spiro atoms. The summed E-state index contributed by atoms with van der Waals surface area (Å²) in [5, 5.41) is 5.04. The molecule has 1 aliphatic heterocycles. The molecule has 8 nitrogen and oxygen atoms in total. The van der Waals surface area contributed by atoms with Gasteiger partial charge >= 0.3 is 5.97 Å². The Labute approximate surface area is 186 Å². The van der Waals surface area contributed by atoms with E-state index in [1.807, 2.05) is 33.8 Å². The molecule has 0 radical (unpaired) electrons. The molecule has 0 unspecified atom stereocenters. The minimum atomic E-state index is -0.585. The first kappa shape index (κ1) is 20.6. The molecule has 166 valence electrons. The third kappa shape index (κ3) is 3.75. The number of hydrogen-bond donors (Lipinski definition) is 2. The Bertz CT molecular complexity index is 1220. The molecule has 3 N–H and O–H groups in total. The van der Waals surface area contributed by atoms with E-state index in [1.165, 1.54) is 0 Å². The molecule has 1 fully saturated rings. The average molecular weight is 434 g/mol. The van der Waals surface area contributed by atoms with Crippen molar-refractivity contribution in [3.63, 3.8) is 0 Å². The normalized spacial score (nSPS) is 20.6. The summed E-state index contributed by atoms with van der Waals surface area (Å²) in [7, 11) is 0. The van der Waals surface area contributed by atoms with Crippen molar-refractivity contribution < 1.29 is 14.3 Å². The number of aromatic nitrogens is 3. The molecule has 0 saturated heterocycles. The summed E-state index contributed by atoms with van der Waals surface area (Å²) in [4.78, 5) is 26.0. The van der Waals surface area contributed by atoms with Crippen molar-refractivity contribution in [2.75, 3.05) is 5.32 Å². The third-order valence-corrected chi connectivity index (χ3v) is 6.06. The van der Waals surface area contributed by atoms with Crippen LogP contribution < -0.4 is 15.8 Å². The van der Waals surface area contributed by atoms with Crippen molar-refractivity contribution in [1.29, 1.82) is 0 Å². The first-order valence-corrected chi connectivity index (χ1v) is 10.9. The molecule has 3 aromatic rings. The van der Waals surface area contributed by atoms with Crippen LogP contribution >= 0.6 is 0 Å². The number of nitrogens with one attached hydrogen (secondary N) is 1. The fourth-order valence-corrected chi connectivity index (χ4v) is 3.88. The van der Waals surface area contributed by atoms with E-state index >= 15 is 0 Å². The number of carbonyl (C=O) groups is 1. The van der Waals surface area contributed by atoms with Crippen LogP contribution in [0.2, 0.25) is 0 Å². The van der Waals surface area contributed by atoms with E-state index in [9.17, 15) is 4.79 Å². The van der Waals surface area contributed by atoms with Gasteiger partial charge in [-0.05, 0) is 62.8 Å². The van der Waals surface area contributed by atoms with E-state index in [2.05, 4.69) is 15.3 Å². The molecule has 32 heavy (non-hydrogen) atoms. The van der Waals surface area contributed by atoms with Gasteiger partial charge < -0.3 is 20.5 Å². The minimum absolute atomic E-state index is 0.00635. The Kier molecular flexibility index (Phi) is 4.78. The Balaban J connectivity index is 1.53. The highest BCUT2D eigenvalue weighted by Gasteiger charge is 2.31. The zero-order chi connectivity index (χ0) is 22.6. The summed E-state index contributed by atoms with van der Waals surface area (Å²) < 4.78 is 11.4. The number of nitrogens with zero attached hydrogens (tertiary/aromatic N) is 3. The molecule has 8 heteroatoms. The zero-order valence-corrected chi connectivity index (χ0v) is 18.7. The van der Waals surface area contributed by atoms with E-state index < -0.39 is 5.54 Å². The maximum absolute atomic E-state index is 12.2. The molecule has 2 atom stereocenters. The number of rotatable bonds is 5. The molecule has 1 aliphatic carbocycles. The van der Waals surface area contributed by atoms with Gasteiger partial charge in [0.2, 0.25) is 5.88 Å². The summed E-state index contributed by atoms with van der Waals surface area (Å²) >= 11 is 0. The highest BCUT2D eigenvalue weighted by atomic mass is 16.5. The Morgan fingerprint density at radius 2 is 1.91 bits per heavy atom. The maximum atomic E-state index is 12.2. The van der Waals surface area contributed by atoms with Gasteiger partial charge in [0.25, 0.3) is 0 Å². The summed E-state index contributed by atoms with van der Waals surface area (Å²) in [6.45, 7) is 7.78. The van der Waals surface area contributed by atoms with Crippen LogP contribution in [0.3, 0.4) is 0 Å². The van der Waals surface area contributed by atoms with Crippen molar-refractivity contribution in [2.45, 2.75) is 64.2 Å². The van der Waals surface area contributed by atoms with Gasteiger partial charge in [0, 0.05) is 23.9 Å². The highest BCUT2D eigenvalue weighted by Crippen LogP contribution is 2.36. The van der Waals surface area contributed by atoms with Crippen molar-refractivity contribution in [2.24, 2.45) is 5.73 Å². The smallest absolute Gasteiger partial charge is 0.340 e. The van der Waals surface area contributed by atoms with E-state index in [1.54, 1.807) is 24.5 Å². The summed E-state index contributed by atoms with van der Waals surface area (Å²) in [5.74, 6) is 1.49. The van der Waals surface area contributed by atoms with Gasteiger partial charge in [-0.3, -0.25) is 0 Å². The second-order valence-electron chi connectivity index (χ2n) is 9.28. The standard InChI is InChI=1S/C24H27N5O3/c1-12-13(2)31-23(30)15-7-8-19(29-21(12)15)28-20-9-16-17(10-26-20)22(32-14-5-6-14)27-11-18(16)24(3,4)25/h7-14H,5-6,25H2,1-4H3,(H,26,28,29)/t12-,13-/m0/s1. The Morgan fingerprint density at radius 3 is 2.62 bits per heavy atom. The molecule has 0 aromatic carbocycles. The quantitative estimate of drug-likeness (QED) is 0.577. The van der Waals surface area contributed by atoms with E-state index in [0.29, 0.717) is 23.1 Å². The van der Waals surface area contributed by atoms with Gasteiger partial charge in [0.05, 0.1) is 16.6 Å². The molecule has 4 heterocycles. The molecule has 5 rings (SSSR count). The number of ether oxygens (including phenoxy) is 2. The van der Waals surface area contributed by atoms with Crippen LogP contribution in [-0.2, 0) is 10.3 Å². The number of pyridine rings is 3. The lowest BCUT2D eigenvalue weighted by Crippen LogP contribution is -2.29. The maximum Gasteiger partial charge on any atom is 0.340 e. The molecule has 3 aromatic heterocycles. The average Bonchev–Trinajstić information content (AvgIpc) is 3.55.